The van der Waals surface area contributed by atoms with E-state index in [1.54, 1.807) is 0 Å². The van der Waals surface area contributed by atoms with E-state index < -0.39 is 0 Å². The molecule has 3 nitrogen and oxygen atoms in total. The second-order valence-electron chi connectivity index (χ2n) is 6.73. The molecule has 0 spiro atoms. The normalized spacial score (nSPS) is 21.2. The number of Topliss-reactive ketones (excluding diaryl/α,β-unsaturated/α-hetero) is 1. The van der Waals surface area contributed by atoms with Crippen LogP contribution in [-0.4, -0.2) is 18.9 Å². The van der Waals surface area contributed by atoms with E-state index in [1.165, 1.54) is 32.8 Å². The summed E-state index contributed by atoms with van der Waals surface area (Å²) in [6.07, 6.45) is 17.1. The molecule has 0 amide bonds. The van der Waals surface area contributed by atoms with Crippen LogP contribution < -0.4 is 0 Å². The Kier molecular flexibility index (Phi) is 10.7. The molecule has 0 heterocycles. The summed E-state index contributed by atoms with van der Waals surface area (Å²) in [5, 5.41) is 0. The van der Waals surface area contributed by atoms with E-state index in [4.69, 9.17) is 0 Å². The van der Waals surface area contributed by atoms with Crippen LogP contribution in [0.5, 0.6) is 0 Å². The number of ketones is 1. The number of esters is 1. The van der Waals surface area contributed by atoms with Crippen molar-refractivity contribution >= 4 is 11.8 Å². The largest absolute Gasteiger partial charge is 0.469 e. The lowest BCUT2D eigenvalue weighted by molar-refractivity contribution is -0.140. The molecular formula is C20H34O3. The molecule has 1 saturated carbocycles. The molecule has 0 aliphatic heterocycles. The molecule has 1 aliphatic carbocycles. The maximum atomic E-state index is 12.1. The molecule has 1 fully saturated rings. The summed E-state index contributed by atoms with van der Waals surface area (Å²) in [4.78, 5) is 23.1. The molecule has 23 heavy (non-hydrogen) atoms. The van der Waals surface area contributed by atoms with Crippen LogP contribution in [0.1, 0.15) is 84.0 Å². The van der Waals surface area contributed by atoms with Gasteiger partial charge in [-0.3, -0.25) is 9.59 Å². The van der Waals surface area contributed by atoms with Gasteiger partial charge < -0.3 is 4.74 Å². The lowest BCUT2D eigenvalue weighted by Gasteiger charge is -2.14. The number of unbranched alkanes of at least 4 members (excludes halogenated alkanes) is 6. The molecule has 1 unspecified atom stereocenters. The maximum absolute atomic E-state index is 12.1. The highest BCUT2D eigenvalue weighted by Gasteiger charge is 2.32. The highest BCUT2D eigenvalue weighted by Crippen LogP contribution is 2.34. The van der Waals surface area contributed by atoms with Gasteiger partial charge in [0.05, 0.1) is 7.11 Å². The summed E-state index contributed by atoms with van der Waals surface area (Å²) >= 11 is 0. The van der Waals surface area contributed by atoms with Gasteiger partial charge in [0.1, 0.15) is 5.78 Å². The Balaban J connectivity index is 2.21. The van der Waals surface area contributed by atoms with Gasteiger partial charge in [0, 0.05) is 18.8 Å². The van der Waals surface area contributed by atoms with Crippen molar-refractivity contribution < 1.29 is 14.3 Å². The Morgan fingerprint density at radius 3 is 2.70 bits per heavy atom. The number of methoxy groups -OCH3 is 1. The Morgan fingerprint density at radius 2 is 1.96 bits per heavy atom. The fourth-order valence-corrected chi connectivity index (χ4v) is 3.41. The number of rotatable bonds is 12. The van der Waals surface area contributed by atoms with E-state index in [0.717, 1.165) is 44.9 Å². The third kappa shape index (κ3) is 8.34. The van der Waals surface area contributed by atoms with Crippen LogP contribution in [0.4, 0.5) is 0 Å². The highest BCUT2D eigenvalue weighted by molar-refractivity contribution is 5.83. The van der Waals surface area contributed by atoms with Crippen LogP contribution >= 0.6 is 0 Å². The van der Waals surface area contributed by atoms with Crippen LogP contribution in [0.15, 0.2) is 12.2 Å². The topological polar surface area (TPSA) is 43.4 Å². The fraction of sp³-hybridized carbons (Fsp3) is 0.800. The first kappa shape index (κ1) is 19.9. The molecule has 1 rings (SSSR count). The summed E-state index contributed by atoms with van der Waals surface area (Å²) in [5.74, 6) is 0.985. The van der Waals surface area contributed by atoms with Crippen molar-refractivity contribution in [2.75, 3.05) is 7.11 Å². The molecule has 3 heteroatoms. The monoisotopic (exact) mass is 322 g/mol. The van der Waals surface area contributed by atoms with Crippen molar-refractivity contribution in [3.63, 3.8) is 0 Å². The maximum Gasteiger partial charge on any atom is 0.305 e. The Labute approximate surface area is 141 Å². The number of allylic oxidation sites excluding steroid dienone is 2. The third-order valence-corrected chi connectivity index (χ3v) is 4.89. The zero-order chi connectivity index (χ0) is 16.9. The van der Waals surface area contributed by atoms with E-state index in [1.807, 2.05) is 0 Å². The van der Waals surface area contributed by atoms with Gasteiger partial charge in [-0.15, -0.1) is 0 Å². The average molecular weight is 322 g/mol. The number of hydrogen-bond acceptors (Lipinski definition) is 3. The van der Waals surface area contributed by atoms with Crippen molar-refractivity contribution in [1.29, 1.82) is 0 Å². The predicted molar refractivity (Wildman–Crippen MR) is 94.2 cm³/mol. The highest BCUT2D eigenvalue weighted by atomic mass is 16.5. The number of ether oxygens (including phenoxy) is 1. The van der Waals surface area contributed by atoms with Gasteiger partial charge >= 0.3 is 5.97 Å². The second-order valence-corrected chi connectivity index (χ2v) is 6.73. The summed E-state index contributed by atoms with van der Waals surface area (Å²) in [7, 11) is 1.43. The summed E-state index contributed by atoms with van der Waals surface area (Å²) < 4.78 is 4.64. The standard InChI is InChI=1S/C20H34O3/c1-3-4-5-6-7-9-12-17-15-16-19(21)18(17)13-10-8-11-14-20(22)23-2/h9,12,17-18H,3-8,10-11,13-16H2,1-2H3/b12-9+/t17?,18-/m1/s1. The van der Waals surface area contributed by atoms with Gasteiger partial charge in [-0.1, -0.05) is 51.2 Å². The zero-order valence-corrected chi connectivity index (χ0v) is 15.0. The van der Waals surface area contributed by atoms with Gasteiger partial charge in [0.25, 0.3) is 0 Å². The van der Waals surface area contributed by atoms with Crippen molar-refractivity contribution in [1.82, 2.24) is 0 Å². The smallest absolute Gasteiger partial charge is 0.305 e. The van der Waals surface area contributed by atoms with E-state index in [9.17, 15) is 9.59 Å². The average Bonchev–Trinajstić information content (AvgIpc) is 2.90. The minimum absolute atomic E-state index is 0.133. The predicted octanol–water partition coefficient (Wildman–Crippen LogP) is 5.23. The molecule has 2 atom stereocenters. The first-order valence-corrected chi connectivity index (χ1v) is 9.45. The Hall–Kier alpha value is -1.12. The van der Waals surface area contributed by atoms with Gasteiger partial charge in [-0.05, 0) is 38.0 Å². The van der Waals surface area contributed by atoms with Gasteiger partial charge in [-0.2, -0.15) is 0 Å². The minimum atomic E-state index is -0.133. The van der Waals surface area contributed by atoms with Crippen LogP contribution in [0.2, 0.25) is 0 Å². The van der Waals surface area contributed by atoms with Crippen molar-refractivity contribution in [2.45, 2.75) is 84.0 Å². The van der Waals surface area contributed by atoms with E-state index in [2.05, 4.69) is 23.8 Å². The molecule has 132 valence electrons. The fourth-order valence-electron chi connectivity index (χ4n) is 3.41. The van der Waals surface area contributed by atoms with Crippen molar-refractivity contribution in [3.05, 3.63) is 12.2 Å². The zero-order valence-electron chi connectivity index (χ0n) is 15.0. The number of carbonyl (C=O) groups excluding carboxylic acids is 2. The molecule has 0 aromatic rings. The number of carbonyl (C=O) groups is 2. The number of hydrogen-bond donors (Lipinski definition) is 0. The molecular weight excluding hydrogens is 288 g/mol. The van der Waals surface area contributed by atoms with Crippen LogP contribution in [0.3, 0.4) is 0 Å². The van der Waals surface area contributed by atoms with Gasteiger partial charge in [0.2, 0.25) is 0 Å². The lowest BCUT2D eigenvalue weighted by atomic mass is 9.89. The molecule has 0 N–H and O–H groups in total. The third-order valence-electron chi connectivity index (χ3n) is 4.89. The van der Waals surface area contributed by atoms with E-state index in [-0.39, 0.29) is 11.9 Å². The van der Waals surface area contributed by atoms with Gasteiger partial charge in [0.15, 0.2) is 0 Å². The molecule has 0 radical (unpaired) electrons. The summed E-state index contributed by atoms with van der Waals surface area (Å²) in [6.45, 7) is 2.23. The van der Waals surface area contributed by atoms with Crippen LogP contribution in [0.25, 0.3) is 0 Å². The quantitative estimate of drug-likeness (QED) is 0.281. The van der Waals surface area contributed by atoms with Crippen molar-refractivity contribution in [2.24, 2.45) is 11.8 Å². The second kappa shape index (κ2) is 12.3. The molecule has 0 bridgehead atoms. The van der Waals surface area contributed by atoms with Crippen molar-refractivity contribution in [3.8, 4) is 0 Å². The van der Waals surface area contributed by atoms with Crippen LogP contribution in [-0.2, 0) is 14.3 Å². The molecule has 0 aromatic heterocycles. The first-order valence-electron chi connectivity index (χ1n) is 9.45. The molecule has 0 aromatic carbocycles. The lowest BCUT2D eigenvalue weighted by Crippen LogP contribution is -2.13. The SMILES string of the molecule is CCCCCC/C=C/C1CCC(=O)[C@@H]1CCCCCC(=O)OC. The molecule has 1 aliphatic rings. The van der Waals surface area contributed by atoms with Gasteiger partial charge in [-0.25, -0.2) is 0 Å². The van der Waals surface area contributed by atoms with E-state index in [0.29, 0.717) is 18.1 Å². The summed E-state index contributed by atoms with van der Waals surface area (Å²) in [6, 6.07) is 0. The minimum Gasteiger partial charge on any atom is -0.469 e. The Morgan fingerprint density at radius 1 is 1.17 bits per heavy atom. The Bertz CT molecular complexity index is 373. The molecule has 0 saturated heterocycles. The first-order chi connectivity index (χ1) is 11.2. The van der Waals surface area contributed by atoms with E-state index >= 15 is 0 Å². The summed E-state index contributed by atoms with van der Waals surface area (Å²) in [5.41, 5.74) is 0. The van der Waals surface area contributed by atoms with Crippen LogP contribution in [0, 0.1) is 11.8 Å².